The number of hydrogen-bond donors (Lipinski definition) is 1. The molecule has 2 unspecified atom stereocenters. The Labute approximate surface area is 112 Å². The summed E-state index contributed by atoms with van der Waals surface area (Å²) in [6.45, 7) is 6.49. The first-order chi connectivity index (χ1) is 8.32. The summed E-state index contributed by atoms with van der Waals surface area (Å²) in [6, 6.07) is 0.234. The van der Waals surface area contributed by atoms with Crippen LogP contribution in [0.4, 0.5) is 0 Å². The lowest BCUT2D eigenvalue weighted by atomic mass is 9.99. The Bertz CT molecular complexity index is 356. The van der Waals surface area contributed by atoms with E-state index in [2.05, 4.69) is 5.32 Å². The maximum atomic E-state index is 12.6. The van der Waals surface area contributed by atoms with Crippen LogP contribution in [0.15, 0.2) is 0 Å². The maximum absolute atomic E-state index is 12.6. The first kappa shape index (κ1) is 15.9. The van der Waals surface area contributed by atoms with Gasteiger partial charge in [-0.2, -0.15) is 17.0 Å². The predicted octanol–water partition coefficient (Wildman–Crippen LogP) is 1.03. The summed E-state index contributed by atoms with van der Waals surface area (Å²) < 4.78 is 28.3. The fraction of sp³-hybridized carbons (Fsp3) is 1.00. The number of nitrogens with one attached hydrogen (secondary N) is 1. The van der Waals surface area contributed by atoms with Crippen LogP contribution < -0.4 is 5.32 Å². The van der Waals surface area contributed by atoms with Crippen LogP contribution in [0, 0.1) is 0 Å². The highest BCUT2D eigenvalue weighted by Crippen LogP contribution is 2.25. The fourth-order valence-corrected chi connectivity index (χ4v) is 4.19. The molecular weight excluding hydrogens is 250 g/mol. The Morgan fingerprint density at radius 3 is 2.39 bits per heavy atom. The van der Waals surface area contributed by atoms with Gasteiger partial charge in [0.05, 0.1) is 0 Å². The van der Waals surface area contributed by atoms with Crippen LogP contribution in [0.25, 0.3) is 0 Å². The van der Waals surface area contributed by atoms with Gasteiger partial charge >= 0.3 is 0 Å². The van der Waals surface area contributed by atoms with Crippen LogP contribution in [-0.4, -0.2) is 55.8 Å². The van der Waals surface area contributed by atoms with Gasteiger partial charge in [-0.15, -0.1) is 0 Å². The fourth-order valence-electron chi connectivity index (χ4n) is 2.34. The van der Waals surface area contributed by atoms with Gasteiger partial charge in [0.1, 0.15) is 0 Å². The van der Waals surface area contributed by atoms with Crippen molar-refractivity contribution in [1.29, 1.82) is 0 Å². The SMILES string of the molecule is CNC(C)C1CCCCN1S(=O)(=O)N(C)C(C)C. The average Bonchev–Trinajstić information content (AvgIpc) is 2.36. The molecule has 0 aromatic heterocycles. The maximum Gasteiger partial charge on any atom is 0.282 e. The Kier molecular flexibility index (Phi) is 5.58. The quantitative estimate of drug-likeness (QED) is 0.817. The first-order valence-electron chi connectivity index (χ1n) is 6.74. The van der Waals surface area contributed by atoms with Gasteiger partial charge in [-0.3, -0.25) is 0 Å². The summed E-state index contributed by atoms with van der Waals surface area (Å²) in [7, 11) is 0.209. The molecule has 0 amide bonds. The van der Waals surface area contributed by atoms with Crippen LogP contribution in [0.1, 0.15) is 40.0 Å². The molecule has 1 fully saturated rings. The van der Waals surface area contributed by atoms with Gasteiger partial charge in [0.25, 0.3) is 10.2 Å². The minimum atomic E-state index is -3.34. The molecule has 1 heterocycles. The third-order valence-electron chi connectivity index (χ3n) is 3.92. The zero-order valence-electron chi connectivity index (χ0n) is 12.2. The van der Waals surface area contributed by atoms with E-state index in [-0.39, 0.29) is 18.1 Å². The highest BCUT2D eigenvalue weighted by atomic mass is 32.2. The second-order valence-electron chi connectivity index (χ2n) is 5.37. The van der Waals surface area contributed by atoms with E-state index in [9.17, 15) is 8.42 Å². The standard InChI is InChI=1S/C12H27N3O2S/c1-10(2)14(5)18(16,17)15-9-7-6-8-12(15)11(3)13-4/h10-13H,6-9H2,1-5H3. The van der Waals surface area contributed by atoms with Crippen LogP contribution in [-0.2, 0) is 10.2 Å². The zero-order valence-corrected chi connectivity index (χ0v) is 13.0. The molecule has 18 heavy (non-hydrogen) atoms. The van der Waals surface area contributed by atoms with Crippen molar-refractivity contribution >= 4 is 10.2 Å². The van der Waals surface area contributed by atoms with E-state index < -0.39 is 10.2 Å². The van der Waals surface area contributed by atoms with Gasteiger partial charge in [-0.05, 0) is 40.7 Å². The zero-order chi connectivity index (χ0) is 13.9. The highest BCUT2D eigenvalue weighted by Gasteiger charge is 2.37. The summed E-state index contributed by atoms with van der Waals surface area (Å²) in [5, 5.41) is 3.18. The molecular formula is C12H27N3O2S. The van der Waals surface area contributed by atoms with Gasteiger partial charge in [0.2, 0.25) is 0 Å². The lowest BCUT2D eigenvalue weighted by Gasteiger charge is -2.40. The lowest BCUT2D eigenvalue weighted by Crippen LogP contribution is -2.56. The molecule has 6 heteroatoms. The smallest absolute Gasteiger partial charge is 0.282 e. The van der Waals surface area contributed by atoms with E-state index in [0.717, 1.165) is 19.3 Å². The summed E-state index contributed by atoms with van der Waals surface area (Å²) in [5.41, 5.74) is 0. The summed E-state index contributed by atoms with van der Waals surface area (Å²) in [6.07, 6.45) is 3.00. The number of nitrogens with zero attached hydrogens (tertiary/aromatic N) is 2. The second-order valence-corrected chi connectivity index (χ2v) is 7.31. The molecule has 1 rings (SSSR count). The van der Waals surface area contributed by atoms with E-state index in [1.54, 1.807) is 11.4 Å². The Morgan fingerprint density at radius 2 is 1.89 bits per heavy atom. The lowest BCUT2D eigenvalue weighted by molar-refractivity contribution is 0.198. The van der Waals surface area contributed by atoms with Crippen molar-refractivity contribution in [3.05, 3.63) is 0 Å². The predicted molar refractivity (Wildman–Crippen MR) is 74.7 cm³/mol. The molecule has 1 N–H and O–H groups in total. The molecule has 0 aromatic carbocycles. The first-order valence-corrected chi connectivity index (χ1v) is 8.14. The Balaban J connectivity index is 2.96. The van der Waals surface area contributed by atoms with Crippen molar-refractivity contribution in [3.8, 4) is 0 Å². The molecule has 0 radical (unpaired) electrons. The van der Waals surface area contributed by atoms with Gasteiger partial charge < -0.3 is 5.32 Å². The minimum Gasteiger partial charge on any atom is -0.316 e. The molecule has 2 atom stereocenters. The van der Waals surface area contributed by atoms with Crippen molar-refractivity contribution in [3.63, 3.8) is 0 Å². The molecule has 108 valence electrons. The molecule has 0 aliphatic carbocycles. The highest BCUT2D eigenvalue weighted by molar-refractivity contribution is 7.86. The normalized spacial score (nSPS) is 24.7. The second kappa shape index (κ2) is 6.32. The van der Waals surface area contributed by atoms with Gasteiger partial charge in [-0.1, -0.05) is 6.42 Å². The molecule has 0 bridgehead atoms. The molecule has 0 aromatic rings. The van der Waals surface area contributed by atoms with Crippen molar-refractivity contribution in [1.82, 2.24) is 13.9 Å². The van der Waals surface area contributed by atoms with Gasteiger partial charge in [0.15, 0.2) is 0 Å². The van der Waals surface area contributed by atoms with Crippen LogP contribution in [0.2, 0.25) is 0 Å². The topological polar surface area (TPSA) is 52.7 Å². The molecule has 1 aliphatic rings. The van der Waals surface area contributed by atoms with E-state index in [1.807, 2.05) is 27.8 Å². The van der Waals surface area contributed by atoms with Crippen LogP contribution >= 0.6 is 0 Å². The van der Waals surface area contributed by atoms with E-state index in [1.165, 1.54) is 4.31 Å². The molecule has 1 saturated heterocycles. The van der Waals surface area contributed by atoms with Gasteiger partial charge in [-0.25, -0.2) is 0 Å². The molecule has 0 saturated carbocycles. The summed E-state index contributed by atoms with van der Waals surface area (Å²) in [4.78, 5) is 0. The van der Waals surface area contributed by atoms with Crippen molar-refractivity contribution < 1.29 is 8.42 Å². The minimum absolute atomic E-state index is 0.0116. The number of hydrogen-bond acceptors (Lipinski definition) is 3. The van der Waals surface area contributed by atoms with Crippen molar-refractivity contribution in [2.24, 2.45) is 0 Å². The number of rotatable bonds is 5. The monoisotopic (exact) mass is 277 g/mol. The number of piperidine rings is 1. The summed E-state index contributed by atoms with van der Waals surface area (Å²) in [5.74, 6) is 0. The van der Waals surface area contributed by atoms with E-state index in [4.69, 9.17) is 0 Å². The summed E-state index contributed by atoms with van der Waals surface area (Å²) >= 11 is 0. The Hall–Kier alpha value is -0.170. The Morgan fingerprint density at radius 1 is 1.28 bits per heavy atom. The largest absolute Gasteiger partial charge is 0.316 e. The van der Waals surface area contributed by atoms with E-state index in [0.29, 0.717) is 6.54 Å². The third kappa shape index (κ3) is 3.23. The van der Waals surface area contributed by atoms with Gasteiger partial charge in [0, 0.05) is 31.7 Å². The average molecular weight is 277 g/mol. The molecule has 5 nitrogen and oxygen atoms in total. The number of likely N-dealkylation sites (N-methyl/N-ethyl adjacent to an activating group) is 1. The van der Waals surface area contributed by atoms with E-state index >= 15 is 0 Å². The molecule has 1 aliphatic heterocycles. The van der Waals surface area contributed by atoms with Crippen molar-refractivity contribution in [2.45, 2.75) is 58.2 Å². The van der Waals surface area contributed by atoms with Crippen molar-refractivity contribution in [2.75, 3.05) is 20.6 Å². The van der Waals surface area contributed by atoms with Crippen LogP contribution in [0.3, 0.4) is 0 Å². The van der Waals surface area contributed by atoms with Crippen LogP contribution in [0.5, 0.6) is 0 Å². The molecule has 0 spiro atoms. The third-order valence-corrected chi connectivity index (χ3v) is 6.11.